The first-order valence-electron chi connectivity index (χ1n) is 4.78. The van der Waals surface area contributed by atoms with Gasteiger partial charge in [-0.1, -0.05) is 0 Å². The second-order valence-corrected chi connectivity index (χ2v) is 3.66. The van der Waals surface area contributed by atoms with Crippen molar-refractivity contribution in [1.29, 1.82) is 0 Å². The van der Waals surface area contributed by atoms with Gasteiger partial charge in [0.2, 0.25) is 0 Å². The fourth-order valence-corrected chi connectivity index (χ4v) is 1.75. The number of carbonyl (C=O) groups excluding carboxylic acids is 2. The van der Waals surface area contributed by atoms with Gasteiger partial charge in [0.25, 0.3) is 0 Å². The van der Waals surface area contributed by atoms with Crippen molar-refractivity contribution in [3.05, 3.63) is 29.3 Å². The highest BCUT2D eigenvalue weighted by Crippen LogP contribution is 2.43. The van der Waals surface area contributed by atoms with Gasteiger partial charge >= 0.3 is 17.8 Å². The van der Waals surface area contributed by atoms with Crippen molar-refractivity contribution < 1.29 is 23.1 Å². The fourth-order valence-electron chi connectivity index (χ4n) is 1.75. The number of rotatable bonds is 1. The van der Waals surface area contributed by atoms with Crippen LogP contribution >= 0.6 is 0 Å². The molecule has 17 heavy (non-hydrogen) atoms. The SMILES string of the molecule is COC(=O)c1ccc2c(c1)N(C)C(=O)C2(F)F. The molecule has 0 spiro atoms. The number of methoxy groups -OCH3 is 1. The molecule has 0 fully saturated rings. The molecule has 1 aliphatic rings. The lowest BCUT2D eigenvalue weighted by Crippen LogP contribution is -2.31. The third kappa shape index (κ3) is 1.48. The first kappa shape index (κ1) is 11.5. The second kappa shape index (κ2) is 3.51. The van der Waals surface area contributed by atoms with Gasteiger partial charge < -0.3 is 9.64 Å². The maximum Gasteiger partial charge on any atom is 0.352 e. The Hall–Kier alpha value is -1.98. The zero-order chi connectivity index (χ0) is 12.8. The third-order valence-corrected chi connectivity index (χ3v) is 2.69. The predicted molar refractivity (Wildman–Crippen MR) is 55.1 cm³/mol. The zero-order valence-corrected chi connectivity index (χ0v) is 9.16. The first-order valence-corrected chi connectivity index (χ1v) is 4.78. The van der Waals surface area contributed by atoms with E-state index in [4.69, 9.17) is 0 Å². The molecule has 0 saturated carbocycles. The van der Waals surface area contributed by atoms with Gasteiger partial charge in [0.1, 0.15) is 0 Å². The Labute approximate surface area is 95.8 Å². The van der Waals surface area contributed by atoms with E-state index in [-0.39, 0.29) is 11.3 Å². The number of amides is 1. The molecule has 90 valence electrons. The Morgan fingerprint density at radius 1 is 1.41 bits per heavy atom. The minimum atomic E-state index is -3.53. The monoisotopic (exact) mass is 241 g/mol. The van der Waals surface area contributed by atoms with Crippen LogP contribution in [0.15, 0.2) is 18.2 Å². The third-order valence-electron chi connectivity index (χ3n) is 2.69. The molecule has 0 aliphatic carbocycles. The molecule has 1 aromatic rings. The molecule has 6 heteroatoms. The van der Waals surface area contributed by atoms with E-state index in [1.165, 1.54) is 26.3 Å². The van der Waals surface area contributed by atoms with Crippen LogP contribution in [0.1, 0.15) is 15.9 Å². The summed E-state index contributed by atoms with van der Waals surface area (Å²) in [6, 6.07) is 3.51. The highest BCUT2D eigenvalue weighted by molar-refractivity contribution is 6.06. The Bertz CT molecular complexity index is 513. The van der Waals surface area contributed by atoms with Crippen molar-refractivity contribution in [2.24, 2.45) is 0 Å². The average molecular weight is 241 g/mol. The van der Waals surface area contributed by atoms with Crippen molar-refractivity contribution in [3.8, 4) is 0 Å². The summed E-state index contributed by atoms with van der Waals surface area (Å²) < 4.78 is 31.5. The van der Waals surface area contributed by atoms with Gasteiger partial charge in [-0.2, -0.15) is 8.78 Å². The maximum absolute atomic E-state index is 13.5. The van der Waals surface area contributed by atoms with Crippen molar-refractivity contribution >= 4 is 17.6 Å². The summed E-state index contributed by atoms with van der Waals surface area (Å²) in [5.74, 6) is -5.46. The van der Waals surface area contributed by atoms with Gasteiger partial charge in [-0.3, -0.25) is 4.79 Å². The average Bonchev–Trinajstić information content (AvgIpc) is 2.50. The number of hydrogen-bond acceptors (Lipinski definition) is 3. The second-order valence-electron chi connectivity index (χ2n) is 3.66. The van der Waals surface area contributed by atoms with E-state index in [0.717, 1.165) is 11.0 Å². The lowest BCUT2D eigenvalue weighted by molar-refractivity contribution is -0.141. The van der Waals surface area contributed by atoms with Crippen LogP contribution in [0.2, 0.25) is 0 Å². The molecule has 1 heterocycles. The van der Waals surface area contributed by atoms with Crippen molar-refractivity contribution in [2.75, 3.05) is 19.1 Å². The van der Waals surface area contributed by atoms with Crippen LogP contribution in [-0.4, -0.2) is 26.0 Å². The number of anilines is 1. The molecule has 4 nitrogen and oxygen atoms in total. The molecular weight excluding hydrogens is 232 g/mol. The molecule has 2 rings (SSSR count). The normalized spacial score (nSPS) is 16.9. The molecule has 0 unspecified atom stereocenters. The number of benzene rings is 1. The molecule has 0 radical (unpaired) electrons. The zero-order valence-electron chi connectivity index (χ0n) is 9.16. The highest BCUT2D eigenvalue weighted by Gasteiger charge is 2.51. The molecule has 0 N–H and O–H groups in total. The molecule has 0 atom stereocenters. The number of likely N-dealkylation sites (N-methyl/N-ethyl adjacent to an activating group) is 1. The summed E-state index contributed by atoms with van der Waals surface area (Å²) >= 11 is 0. The minimum absolute atomic E-state index is 0.0305. The summed E-state index contributed by atoms with van der Waals surface area (Å²) in [5, 5.41) is 0. The minimum Gasteiger partial charge on any atom is -0.465 e. The predicted octanol–water partition coefficient (Wildman–Crippen LogP) is 1.54. The van der Waals surface area contributed by atoms with E-state index in [9.17, 15) is 18.4 Å². The van der Waals surface area contributed by atoms with E-state index in [2.05, 4.69) is 4.74 Å². The summed E-state index contributed by atoms with van der Waals surface area (Å²) in [6.45, 7) is 0. The van der Waals surface area contributed by atoms with Crippen molar-refractivity contribution in [2.45, 2.75) is 5.92 Å². The Balaban J connectivity index is 2.56. The number of halogens is 2. The van der Waals surface area contributed by atoms with Crippen LogP contribution in [0, 0.1) is 0 Å². The van der Waals surface area contributed by atoms with Crippen LogP contribution in [0.25, 0.3) is 0 Å². The highest BCUT2D eigenvalue weighted by atomic mass is 19.3. The van der Waals surface area contributed by atoms with Gasteiger partial charge in [-0.15, -0.1) is 0 Å². The van der Waals surface area contributed by atoms with Gasteiger partial charge in [0.05, 0.1) is 23.9 Å². The van der Waals surface area contributed by atoms with Crippen LogP contribution in [-0.2, 0) is 15.5 Å². The largest absolute Gasteiger partial charge is 0.465 e. The molecule has 1 amide bonds. The molecule has 1 aliphatic heterocycles. The van der Waals surface area contributed by atoms with Crippen molar-refractivity contribution in [3.63, 3.8) is 0 Å². The number of nitrogens with zero attached hydrogens (tertiary/aromatic N) is 1. The van der Waals surface area contributed by atoms with Crippen LogP contribution in [0.3, 0.4) is 0 Å². The van der Waals surface area contributed by atoms with Crippen LogP contribution in [0.5, 0.6) is 0 Å². The maximum atomic E-state index is 13.5. The summed E-state index contributed by atoms with van der Waals surface area (Å²) in [5.41, 5.74) is -0.232. The van der Waals surface area contributed by atoms with E-state index < -0.39 is 23.4 Å². The lowest BCUT2D eigenvalue weighted by atomic mass is 10.1. The molecule has 1 aromatic carbocycles. The number of fused-ring (bicyclic) bond motifs is 1. The quantitative estimate of drug-likeness (QED) is 0.701. The summed E-state index contributed by atoms with van der Waals surface area (Å²) in [4.78, 5) is 23.4. The van der Waals surface area contributed by atoms with E-state index in [1.54, 1.807) is 0 Å². The Morgan fingerprint density at radius 3 is 2.65 bits per heavy atom. The number of carbonyl (C=O) groups is 2. The number of alkyl halides is 2. The van der Waals surface area contributed by atoms with E-state index in [1.807, 2.05) is 0 Å². The lowest BCUT2D eigenvalue weighted by Gasteiger charge is -2.09. The molecule has 0 bridgehead atoms. The number of ether oxygens (including phenoxy) is 1. The van der Waals surface area contributed by atoms with Crippen molar-refractivity contribution in [1.82, 2.24) is 0 Å². The first-order chi connectivity index (χ1) is 7.89. The van der Waals surface area contributed by atoms with Gasteiger partial charge in [-0.25, -0.2) is 4.79 Å². The van der Waals surface area contributed by atoms with Crippen LogP contribution in [0.4, 0.5) is 14.5 Å². The van der Waals surface area contributed by atoms with Crippen LogP contribution < -0.4 is 4.90 Å². The van der Waals surface area contributed by atoms with E-state index in [0.29, 0.717) is 0 Å². The van der Waals surface area contributed by atoms with Gasteiger partial charge in [0.15, 0.2) is 0 Å². The summed E-state index contributed by atoms with van der Waals surface area (Å²) in [7, 11) is 2.43. The summed E-state index contributed by atoms with van der Waals surface area (Å²) in [6.07, 6.45) is 0. The van der Waals surface area contributed by atoms with Gasteiger partial charge in [0, 0.05) is 7.05 Å². The number of hydrogen-bond donors (Lipinski definition) is 0. The molecular formula is C11H9F2NO3. The standard InChI is InChI=1S/C11H9F2NO3/c1-14-8-5-6(9(15)17-2)3-4-7(8)11(12,13)10(14)16/h3-5H,1-2H3. The fraction of sp³-hybridized carbons (Fsp3) is 0.273. The molecule has 0 aromatic heterocycles. The van der Waals surface area contributed by atoms with Gasteiger partial charge in [-0.05, 0) is 18.2 Å². The number of esters is 1. The Morgan fingerprint density at radius 2 is 2.06 bits per heavy atom. The van der Waals surface area contributed by atoms with E-state index >= 15 is 0 Å². The Kier molecular flexibility index (Phi) is 2.38. The molecule has 0 saturated heterocycles. The smallest absolute Gasteiger partial charge is 0.352 e. The topological polar surface area (TPSA) is 46.6 Å².